The van der Waals surface area contributed by atoms with Crippen molar-refractivity contribution in [2.45, 2.75) is 324 Å². The van der Waals surface area contributed by atoms with E-state index in [4.69, 9.17) is 37.0 Å². The molecule has 0 aromatic heterocycles. The maximum absolute atomic E-state index is 13.0. The Morgan fingerprint density at radius 3 is 0.855 bits per heavy atom. The summed E-state index contributed by atoms with van der Waals surface area (Å²) in [4.78, 5) is 72.2. The zero-order valence-electron chi connectivity index (χ0n) is 53.8. The van der Waals surface area contributed by atoms with Gasteiger partial charge in [-0.1, -0.05) is 254 Å². The molecule has 17 nitrogen and oxygen atoms in total. The largest absolute Gasteiger partial charge is 0.472 e. The maximum atomic E-state index is 13.0. The molecule has 0 spiro atoms. The van der Waals surface area contributed by atoms with E-state index in [1.165, 1.54) is 103 Å². The molecule has 0 aliphatic heterocycles. The molecular weight excluding hydrogens is 1100 g/mol. The van der Waals surface area contributed by atoms with E-state index in [-0.39, 0.29) is 25.7 Å². The third kappa shape index (κ3) is 57.6. The second kappa shape index (κ2) is 54.2. The van der Waals surface area contributed by atoms with Gasteiger partial charge in [-0.3, -0.25) is 37.3 Å². The molecular formula is C64H124O17P2. The minimum Gasteiger partial charge on any atom is -0.462 e. The second-order valence-electron chi connectivity index (χ2n) is 24.8. The van der Waals surface area contributed by atoms with Crippen LogP contribution in [0.25, 0.3) is 0 Å². The van der Waals surface area contributed by atoms with Crippen LogP contribution in [0.2, 0.25) is 0 Å². The van der Waals surface area contributed by atoms with Crippen LogP contribution >= 0.6 is 15.6 Å². The van der Waals surface area contributed by atoms with E-state index in [0.29, 0.717) is 37.5 Å². The summed E-state index contributed by atoms with van der Waals surface area (Å²) in [5, 5.41) is 10.5. The van der Waals surface area contributed by atoms with Crippen LogP contribution in [0.4, 0.5) is 0 Å². The van der Waals surface area contributed by atoms with E-state index in [1.807, 2.05) is 0 Å². The van der Waals surface area contributed by atoms with Crippen molar-refractivity contribution >= 4 is 39.5 Å². The molecule has 0 aromatic carbocycles. The van der Waals surface area contributed by atoms with Crippen LogP contribution < -0.4 is 0 Å². The van der Waals surface area contributed by atoms with Crippen LogP contribution in [0.15, 0.2) is 0 Å². The van der Waals surface area contributed by atoms with E-state index in [1.54, 1.807) is 0 Å². The van der Waals surface area contributed by atoms with Crippen LogP contribution in [0, 0.1) is 23.7 Å². The summed E-state index contributed by atoms with van der Waals surface area (Å²) in [6, 6.07) is 0. The lowest BCUT2D eigenvalue weighted by molar-refractivity contribution is -0.161. The van der Waals surface area contributed by atoms with Crippen molar-refractivity contribution < 1.29 is 80.2 Å². The molecule has 0 fully saturated rings. The summed E-state index contributed by atoms with van der Waals surface area (Å²) in [5.74, 6) is 0.744. The topological polar surface area (TPSA) is 237 Å². The van der Waals surface area contributed by atoms with Gasteiger partial charge in [-0.15, -0.1) is 0 Å². The Balaban J connectivity index is 5.25. The van der Waals surface area contributed by atoms with Gasteiger partial charge in [-0.25, -0.2) is 9.13 Å². The van der Waals surface area contributed by atoms with Crippen molar-refractivity contribution in [2.24, 2.45) is 23.7 Å². The fourth-order valence-corrected chi connectivity index (χ4v) is 11.0. The van der Waals surface area contributed by atoms with Gasteiger partial charge in [0.2, 0.25) is 0 Å². The molecule has 0 amide bonds. The van der Waals surface area contributed by atoms with Gasteiger partial charge in [0.1, 0.15) is 19.3 Å². The molecule has 0 heterocycles. The SMILES string of the molecule is CCC(C)CCCCCCCCCCC(=O)O[C@H](COC(=O)CCCCCCCCCCCC(C)C)COP(=O)(O)OCC(O)COP(=O)(O)OC[C@@H](COC(=O)CCCCCCCCCC(C)C)OC(=O)CCCCCCCCC(C)C. The van der Waals surface area contributed by atoms with E-state index in [9.17, 15) is 43.2 Å². The number of carbonyl (C=O) groups excluding carboxylic acids is 4. The van der Waals surface area contributed by atoms with Crippen LogP contribution in [0.5, 0.6) is 0 Å². The third-order valence-corrected chi connectivity index (χ3v) is 16.8. The number of phosphoric acid groups is 2. The molecule has 492 valence electrons. The molecule has 19 heteroatoms. The first-order chi connectivity index (χ1) is 39.6. The molecule has 0 aliphatic carbocycles. The molecule has 0 radical (unpaired) electrons. The van der Waals surface area contributed by atoms with Gasteiger partial charge < -0.3 is 33.8 Å². The monoisotopic (exact) mass is 1230 g/mol. The quantitative estimate of drug-likeness (QED) is 0.0222. The van der Waals surface area contributed by atoms with Crippen molar-refractivity contribution in [3.8, 4) is 0 Å². The highest BCUT2D eigenvalue weighted by Crippen LogP contribution is 2.45. The highest BCUT2D eigenvalue weighted by molar-refractivity contribution is 7.47. The van der Waals surface area contributed by atoms with E-state index < -0.39 is 97.5 Å². The number of aliphatic hydroxyl groups excluding tert-OH is 1. The van der Waals surface area contributed by atoms with Crippen LogP contribution in [-0.4, -0.2) is 96.7 Å². The number of unbranched alkanes of at least 4 members (excludes halogenated alkanes) is 26. The Labute approximate surface area is 505 Å². The van der Waals surface area contributed by atoms with Gasteiger partial charge in [-0.05, 0) is 49.4 Å². The number of carbonyl (C=O) groups is 4. The average Bonchev–Trinajstić information content (AvgIpc) is 3.44. The number of esters is 4. The summed E-state index contributed by atoms with van der Waals surface area (Å²) >= 11 is 0. The van der Waals surface area contributed by atoms with Crippen molar-refractivity contribution in [3.63, 3.8) is 0 Å². The van der Waals surface area contributed by atoms with Crippen molar-refractivity contribution in [3.05, 3.63) is 0 Å². The normalized spacial score (nSPS) is 14.8. The number of rotatable bonds is 61. The lowest BCUT2D eigenvalue weighted by Gasteiger charge is -2.21. The molecule has 0 aliphatic rings. The van der Waals surface area contributed by atoms with E-state index in [2.05, 4.69) is 55.4 Å². The molecule has 0 aromatic rings. The highest BCUT2D eigenvalue weighted by Gasteiger charge is 2.30. The molecule has 83 heavy (non-hydrogen) atoms. The minimum absolute atomic E-state index is 0.101. The Hall–Kier alpha value is -1.94. The van der Waals surface area contributed by atoms with Gasteiger partial charge in [0, 0.05) is 25.7 Å². The predicted octanol–water partition coefficient (Wildman–Crippen LogP) is 17.4. The van der Waals surface area contributed by atoms with Crippen molar-refractivity contribution in [1.82, 2.24) is 0 Å². The lowest BCUT2D eigenvalue weighted by atomic mass is 9.99. The number of hydrogen-bond donors (Lipinski definition) is 3. The first-order valence-corrected chi connectivity index (χ1v) is 36.2. The second-order valence-corrected chi connectivity index (χ2v) is 27.7. The first-order valence-electron chi connectivity index (χ1n) is 33.2. The molecule has 4 unspecified atom stereocenters. The van der Waals surface area contributed by atoms with Crippen molar-refractivity contribution in [1.29, 1.82) is 0 Å². The van der Waals surface area contributed by atoms with E-state index >= 15 is 0 Å². The lowest BCUT2D eigenvalue weighted by Crippen LogP contribution is -2.30. The Morgan fingerprint density at radius 2 is 0.578 bits per heavy atom. The average molecular weight is 1230 g/mol. The molecule has 0 rings (SSSR count). The van der Waals surface area contributed by atoms with Crippen molar-refractivity contribution in [2.75, 3.05) is 39.6 Å². The zero-order chi connectivity index (χ0) is 61.8. The minimum atomic E-state index is -4.95. The number of hydrogen-bond acceptors (Lipinski definition) is 15. The number of ether oxygens (including phenoxy) is 4. The summed E-state index contributed by atoms with van der Waals surface area (Å²) in [7, 11) is -9.89. The summed E-state index contributed by atoms with van der Waals surface area (Å²) in [5.41, 5.74) is 0. The third-order valence-electron chi connectivity index (χ3n) is 14.9. The van der Waals surface area contributed by atoms with Crippen LogP contribution in [0.1, 0.15) is 306 Å². The Kier molecular flexibility index (Phi) is 53.0. The van der Waals surface area contributed by atoms with Crippen LogP contribution in [-0.2, 0) is 65.4 Å². The van der Waals surface area contributed by atoms with Crippen LogP contribution in [0.3, 0.4) is 0 Å². The zero-order valence-corrected chi connectivity index (χ0v) is 55.6. The van der Waals surface area contributed by atoms with Gasteiger partial charge in [0.15, 0.2) is 12.2 Å². The predicted molar refractivity (Wildman–Crippen MR) is 331 cm³/mol. The highest BCUT2D eigenvalue weighted by atomic mass is 31.2. The standard InChI is InChI=1S/C64H124O17P2/c1-9-57(8)43-35-27-18-13-14-20-30-38-46-63(68)80-59(50-74-61(66)44-36-28-19-12-10-11-16-24-32-40-54(2)3)52-78-82(70,71)76-48-58(65)49-77-83(72,73)79-53-60(81-64(69)47-39-31-23-22-26-34-42-56(6)7)51-75-62(67)45-37-29-21-15-17-25-33-41-55(4)5/h54-60,65H,9-53H2,1-8H3,(H,70,71)(H,72,73)/t57?,58?,59-,60-/m1/s1. The van der Waals surface area contributed by atoms with Gasteiger partial charge >= 0.3 is 39.5 Å². The summed E-state index contributed by atoms with van der Waals surface area (Å²) in [6.07, 6.45) is 33.7. The molecule has 3 N–H and O–H groups in total. The molecule has 0 bridgehead atoms. The Bertz CT molecular complexity index is 1660. The summed E-state index contributed by atoms with van der Waals surface area (Å²) in [6.45, 7) is 13.9. The fourth-order valence-electron chi connectivity index (χ4n) is 9.40. The fraction of sp³-hybridized carbons (Fsp3) is 0.938. The number of aliphatic hydroxyl groups is 1. The summed E-state index contributed by atoms with van der Waals surface area (Å²) < 4.78 is 68.0. The van der Waals surface area contributed by atoms with Gasteiger partial charge in [0.25, 0.3) is 0 Å². The molecule has 0 saturated heterocycles. The van der Waals surface area contributed by atoms with E-state index in [0.717, 1.165) is 108 Å². The Morgan fingerprint density at radius 1 is 0.337 bits per heavy atom. The number of phosphoric ester groups is 2. The van der Waals surface area contributed by atoms with Gasteiger partial charge in [-0.2, -0.15) is 0 Å². The maximum Gasteiger partial charge on any atom is 0.472 e. The molecule has 6 atom stereocenters. The smallest absolute Gasteiger partial charge is 0.462 e. The van der Waals surface area contributed by atoms with Gasteiger partial charge in [0.05, 0.1) is 26.4 Å². The molecule has 0 saturated carbocycles. The first kappa shape index (κ1) is 81.1.